The minimum Gasteiger partial charge on any atom is -0.401 e. The summed E-state index contributed by atoms with van der Waals surface area (Å²) in [5.41, 5.74) is 0. The summed E-state index contributed by atoms with van der Waals surface area (Å²) in [5.74, 6) is 1.77. The molecular weight excluding hydrogens is 532 g/mol. The van der Waals surface area contributed by atoms with Gasteiger partial charge in [0.05, 0.1) is 0 Å². The van der Waals surface area contributed by atoms with Gasteiger partial charge in [-0.25, -0.2) is 4.57 Å². The lowest BCUT2D eigenvalue weighted by atomic mass is 10.3. The summed E-state index contributed by atoms with van der Waals surface area (Å²) < 4.78 is 50.0. The summed E-state index contributed by atoms with van der Waals surface area (Å²) >= 11 is 0. The average molecular weight is 557 g/mol. The molecule has 0 radical (unpaired) electrons. The monoisotopic (exact) mass is 557 g/mol. The summed E-state index contributed by atoms with van der Waals surface area (Å²) in [6.07, 6.45) is 0. The van der Waals surface area contributed by atoms with Gasteiger partial charge in [0.25, 0.3) is 0 Å². The fraction of sp³-hybridized carbons (Fsp3) is 0. The van der Waals surface area contributed by atoms with Crippen LogP contribution in [-0.2, 0) is 4.57 Å². The van der Waals surface area contributed by atoms with Gasteiger partial charge in [-0.3, -0.25) is 0 Å². The van der Waals surface area contributed by atoms with E-state index in [1.165, 1.54) is 0 Å². The Labute approximate surface area is 227 Å². The normalized spacial score (nSPS) is 11.2. The maximum atomic E-state index is 14.5. The van der Waals surface area contributed by atoms with Crippen molar-refractivity contribution in [3.05, 3.63) is 152 Å². The first-order chi connectivity index (χ1) is 19.1. The molecule has 7 nitrogen and oxygen atoms in total. The zero-order chi connectivity index (χ0) is 26.8. The minimum absolute atomic E-state index is 0.290. The lowest BCUT2D eigenvalue weighted by Gasteiger charge is -2.26. The summed E-state index contributed by atoms with van der Waals surface area (Å²) in [5, 5.41) is 0. The Hall–Kier alpha value is -4.44. The molecule has 0 aliphatic heterocycles. The number of hydrogen-bond acceptors (Lipinski definition) is 6. The van der Waals surface area contributed by atoms with Crippen LogP contribution in [-0.4, -0.2) is 0 Å². The highest BCUT2D eigenvalue weighted by atomic mass is 31.2. The summed E-state index contributed by atoms with van der Waals surface area (Å²) in [4.78, 5) is 0. The fourth-order valence-corrected chi connectivity index (χ4v) is 7.27. The molecular formula is C30H25NO6P2. The van der Waals surface area contributed by atoms with E-state index < -0.39 is 15.5 Å². The highest BCUT2D eigenvalue weighted by molar-refractivity contribution is 7.64. The van der Waals surface area contributed by atoms with Crippen molar-refractivity contribution < 1.29 is 27.2 Å². The van der Waals surface area contributed by atoms with Crippen molar-refractivity contribution in [1.82, 2.24) is 0 Å². The molecule has 0 aliphatic rings. The molecule has 196 valence electrons. The molecule has 0 spiro atoms. The van der Waals surface area contributed by atoms with Crippen LogP contribution >= 0.6 is 15.5 Å². The zero-order valence-corrected chi connectivity index (χ0v) is 22.5. The Morgan fingerprint density at radius 3 is 0.846 bits per heavy atom. The van der Waals surface area contributed by atoms with Gasteiger partial charge in [0.1, 0.15) is 28.7 Å². The van der Waals surface area contributed by atoms with Crippen molar-refractivity contribution in [1.29, 1.82) is 0 Å². The highest BCUT2D eigenvalue weighted by Crippen LogP contribution is 2.63. The second kappa shape index (κ2) is 12.4. The lowest BCUT2D eigenvalue weighted by Crippen LogP contribution is -2.10. The molecule has 0 aromatic heterocycles. The van der Waals surface area contributed by atoms with Crippen LogP contribution in [0.1, 0.15) is 0 Å². The van der Waals surface area contributed by atoms with Crippen LogP contribution in [0.4, 0.5) is 0 Å². The predicted octanol–water partition coefficient (Wildman–Crippen LogP) is 9.44. The Morgan fingerprint density at radius 2 is 0.590 bits per heavy atom. The quantitative estimate of drug-likeness (QED) is 0.151. The highest BCUT2D eigenvalue weighted by Gasteiger charge is 2.41. The molecule has 39 heavy (non-hydrogen) atoms. The zero-order valence-electron chi connectivity index (χ0n) is 20.7. The van der Waals surface area contributed by atoms with E-state index in [1.54, 1.807) is 121 Å². The molecule has 0 aliphatic carbocycles. The molecule has 0 N–H and O–H groups in total. The Kier molecular flexibility index (Phi) is 8.33. The molecule has 9 heteroatoms. The van der Waals surface area contributed by atoms with E-state index in [0.29, 0.717) is 17.2 Å². The van der Waals surface area contributed by atoms with Crippen molar-refractivity contribution in [2.75, 3.05) is 0 Å². The molecule has 0 unspecified atom stereocenters. The molecule has 0 bridgehead atoms. The van der Waals surface area contributed by atoms with Gasteiger partial charge in [-0.05, 0) is 60.7 Å². The lowest BCUT2D eigenvalue weighted by molar-refractivity contribution is 0.360. The van der Waals surface area contributed by atoms with Crippen LogP contribution in [0.15, 0.2) is 156 Å². The molecule has 5 aromatic carbocycles. The number of hydrogen-bond donors (Lipinski definition) is 0. The molecule has 5 aromatic rings. The molecule has 0 amide bonds. The third-order valence-electron chi connectivity index (χ3n) is 5.04. The van der Waals surface area contributed by atoms with Crippen LogP contribution in [0, 0.1) is 0 Å². The summed E-state index contributed by atoms with van der Waals surface area (Å²) in [6.45, 7) is 0. The number of benzene rings is 5. The van der Waals surface area contributed by atoms with Gasteiger partial charge in [0.2, 0.25) is 0 Å². The van der Waals surface area contributed by atoms with Gasteiger partial charge in [-0.2, -0.15) is 0 Å². The van der Waals surface area contributed by atoms with Crippen molar-refractivity contribution in [3.63, 3.8) is 0 Å². The van der Waals surface area contributed by atoms with Crippen molar-refractivity contribution in [2.45, 2.75) is 0 Å². The number of para-hydroxylation sites is 5. The van der Waals surface area contributed by atoms with Crippen LogP contribution < -0.4 is 22.6 Å². The standard InChI is InChI=1S/C30H25NO6P2/c32-38(33-26-16-6-1-7-17-26,34-27-18-8-2-9-19-27)31-39(35-28-20-10-3-11-21-28,36-29-22-12-4-13-23-29)37-30-24-14-5-15-25-30/h1-25H. The SMILES string of the molecule is O=P(N=P(Oc1ccccc1)(Oc1ccccc1)Oc1ccccc1)(Oc1ccccc1)Oc1ccccc1. The van der Waals surface area contributed by atoms with Crippen molar-refractivity contribution >= 4 is 15.5 Å². The Morgan fingerprint density at radius 1 is 0.359 bits per heavy atom. The van der Waals surface area contributed by atoms with Gasteiger partial charge in [-0.15, -0.1) is 0 Å². The van der Waals surface area contributed by atoms with Gasteiger partial charge in [0.15, 0.2) is 0 Å². The van der Waals surface area contributed by atoms with Crippen LogP contribution in [0.5, 0.6) is 28.7 Å². The second-order valence-corrected chi connectivity index (χ2v) is 11.6. The van der Waals surface area contributed by atoms with Crippen LogP contribution in [0.3, 0.4) is 0 Å². The molecule has 0 atom stereocenters. The number of nitrogens with zero attached hydrogens (tertiary/aromatic N) is 1. The summed E-state index contributed by atoms with van der Waals surface area (Å²) in [7, 11) is -8.34. The van der Waals surface area contributed by atoms with Crippen LogP contribution in [0.2, 0.25) is 0 Å². The van der Waals surface area contributed by atoms with Crippen molar-refractivity contribution in [2.24, 2.45) is 4.52 Å². The molecule has 0 heterocycles. The Balaban J connectivity index is 1.69. The van der Waals surface area contributed by atoms with E-state index in [9.17, 15) is 4.57 Å². The van der Waals surface area contributed by atoms with E-state index in [2.05, 4.69) is 4.52 Å². The molecule has 0 fully saturated rings. The fourth-order valence-electron chi connectivity index (χ4n) is 3.37. The van der Waals surface area contributed by atoms with Gasteiger partial charge in [-0.1, -0.05) is 95.5 Å². The molecule has 0 saturated carbocycles. The minimum atomic E-state index is -4.40. The predicted molar refractivity (Wildman–Crippen MR) is 152 cm³/mol. The van der Waals surface area contributed by atoms with Crippen LogP contribution in [0.25, 0.3) is 0 Å². The second-order valence-electron chi connectivity index (χ2n) is 8.05. The van der Waals surface area contributed by atoms with Gasteiger partial charge < -0.3 is 22.6 Å². The first kappa shape index (κ1) is 26.2. The van der Waals surface area contributed by atoms with Crippen molar-refractivity contribution in [3.8, 4) is 28.7 Å². The van der Waals surface area contributed by atoms with E-state index in [-0.39, 0.29) is 11.5 Å². The third-order valence-corrected chi connectivity index (χ3v) is 9.00. The molecule has 5 rings (SSSR count). The third kappa shape index (κ3) is 7.55. The number of rotatable bonds is 11. The first-order valence-corrected chi connectivity index (χ1v) is 15.1. The summed E-state index contributed by atoms with van der Waals surface area (Å²) in [6, 6.07) is 44.0. The smallest absolute Gasteiger partial charge is 0.401 e. The van der Waals surface area contributed by atoms with E-state index in [4.69, 9.17) is 22.6 Å². The van der Waals surface area contributed by atoms with E-state index in [0.717, 1.165) is 0 Å². The van der Waals surface area contributed by atoms with E-state index >= 15 is 0 Å². The maximum absolute atomic E-state index is 14.5. The van der Waals surface area contributed by atoms with E-state index in [1.807, 2.05) is 30.3 Å². The average Bonchev–Trinajstić information content (AvgIpc) is 2.95. The maximum Gasteiger partial charge on any atom is 0.570 e. The topological polar surface area (TPSA) is 75.6 Å². The van der Waals surface area contributed by atoms with Gasteiger partial charge >= 0.3 is 15.5 Å². The first-order valence-electron chi connectivity index (χ1n) is 12.1. The molecule has 0 saturated heterocycles. The Bertz CT molecular complexity index is 1400. The van der Waals surface area contributed by atoms with Gasteiger partial charge in [0, 0.05) is 0 Å². The largest absolute Gasteiger partial charge is 0.570 e.